The fourth-order valence-electron chi connectivity index (χ4n) is 3.01. The van der Waals surface area contributed by atoms with Crippen molar-refractivity contribution >= 4 is 30.5 Å². The summed E-state index contributed by atoms with van der Waals surface area (Å²) in [6.45, 7) is 3.75. The Morgan fingerprint density at radius 3 is 2.45 bits per heavy atom. The molecule has 2 fully saturated rings. The summed E-state index contributed by atoms with van der Waals surface area (Å²) in [6, 6.07) is 4.54. The largest absolute Gasteiger partial charge is 0.314 e. The monoisotopic (exact) mass is 351 g/mol. The third kappa shape index (κ3) is 4.07. The molecule has 0 amide bonds. The van der Waals surface area contributed by atoms with Crippen molar-refractivity contribution in [3.05, 3.63) is 39.7 Å². The number of nitro benzene ring substituents is 1. The van der Waals surface area contributed by atoms with Gasteiger partial charge in [-0.1, -0.05) is 6.07 Å². The number of hydrogen-bond acceptors (Lipinski definition) is 4. The summed E-state index contributed by atoms with van der Waals surface area (Å²) in [5, 5.41) is 14.2. The van der Waals surface area contributed by atoms with Gasteiger partial charge in [0.2, 0.25) is 5.82 Å². The van der Waals surface area contributed by atoms with Gasteiger partial charge in [-0.2, -0.15) is 4.39 Å². The van der Waals surface area contributed by atoms with Gasteiger partial charge in [-0.15, -0.1) is 24.8 Å². The molecule has 0 radical (unpaired) electrons. The molecule has 1 aliphatic carbocycles. The van der Waals surface area contributed by atoms with E-state index in [1.165, 1.54) is 12.1 Å². The van der Waals surface area contributed by atoms with Crippen LogP contribution in [0.3, 0.4) is 0 Å². The summed E-state index contributed by atoms with van der Waals surface area (Å²) in [5.41, 5.74) is 0.464. The van der Waals surface area contributed by atoms with E-state index in [9.17, 15) is 14.5 Å². The zero-order chi connectivity index (χ0) is 14.1. The first kappa shape index (κ1) is 19.1. The van der Waals surface area contributed by atoms with Gasteiger partial charge in [0, 0.05) is 38.3 Å². The van der Waals surface area contributed by atoms with Crippen molar-refractivity contribution in [3.8, 4) is 0 Å². The quantitative estimate of drug-likeness (QED) is 0.669. The van der Waals surface area contributed by atoms with Crippen molar-refractivity contribution in [2.24, 2.45) is 5.92 Å². The molecular weight excluding hydrogens is 332 g/mol. The molecule has 1 saturated carbocycles. The fraction of sp³-hybridized carbons (Fsp3) is 0.571. The first-order chi connectivity index (χ1) is 9.66. The van der Waals surface area contributed by atoms with Gasteiger partial charge in [-0.25, -0.2) is 0 Å². The number of nitrogens with zero attached hydrogens (tertiary/aromatic N) is 2. The zero-order valence-corrected chi connectivity index (χ0v) is 13.7. The second kappa shape index (κ2) is 8.06. The Balaban J connectivity index is 0.00000121. The molecule has 1 aromatic carbocycles. The van der Waals surface area contributed by atoms with Crippen molar-refractivity contribution in [1.29, 1.82) is 0 Å². The normalized spacial score (nSPS) is 19.7. The maximum Gasteiger partial charge on any atom is 0.305 e. The molecule has 0 spiro atoms. The third-order valence-corrected chi connectivity index (χ3v) is 4.12. The molecule has 0 unspecified atom stereocenters. The van der Waals surface area contributed by atoms with Crippen LogP contribution in [0.1, 0.15) is 24.4 Å². The molecule has 1 aromatic rings. The van der Waals surface area contributed by atoms with Gasteiger partial charge in [0.1, 0.15) is 0 Å². The third-order valence-electron chi connectivity index (χ3n) is 4.12. The Labute approximate surface area is 141 Å². The highest BCUT2D eigenvalue weighted by Gasteiger charge is 2.37. The highest BCUT2D eigenvalue weighted by molar-refractivity contribution is 5.85. The van der Waals surface area contributed by atoms with E-state index < -0.39 is 16.4 Å². The van der Waals surface area contributed by atoms with Gasteiger partial charge < -0.3 is 5.32 Å². The van der Waals surface area contributed by atoms with Gasteiger partial charge in [0.25, 0.3) is 0 Å². The van der Waals surface area contributed by atoms with E-state index in [-0.39, 0.29) is 30.9 Å². The van der Waals surface area contributed by atoms with Crippen LogP contribution < -0.4 is 5.32 Å². The molecule has 1 N–H and O–H groups in total. The van der Waals surface area contributed by atoms with Crippen LogP contribution in [-0.4, -0.2) is 36.0 Å². The van der Waals surface area contributed by atoms with Gasteiger partial charge in [0.05, 0.1) is 4.92 Å². The number of nitro groups is 1. The van der Waals surface area contributed by atoms with Crippen LogP contribution in [0.25, 0.3) is 0 Å². The summed E-state index contributed by atoms with van der Waals surface area (Å²) in [7, 11) is 0. The minimum atomic E-state index is -0.756. The lowest BCUT2D eigenvalue weighted by atomic mass is 9.99. The van der Waals surface area contributed by atoms with Crippen molar-refractivity contribution in [2.75, 3.05) is 26.2 Å². The van der Waals surface area contributed by atoms with Crippen LogP contribution in [0.15, 0.2) is 18.2 Å². The van der Waals surface area contributed by atoms with Crippen LogP contribution in [0, 0.1) is 21.8 Å². The molecule has 124 valence electrons. The summed E-state index contributed by atoms with van der Waals surface area (Å²) >= 11 is 0. The smallest absolute Gasteiger partial charge is 0.305 e. The highest BCUT2D eigenvalue weighted by atomic mass is 35.5. The summed E-state index contributed by atoms with van der Waals surface area (Å²) in [4.78, 5) is 12.6. The lowest BCUT2D eigenvalue weighted by Gasteiger charge is -2.35. The number of nitrogens with one attached hydrogen (secondary N) is 1. The maximum absolute atomic E-state index is 13.5. The molecule has 0 bridgehead atoms. The predicted molar refractivity (Wildman–Crippen MR) is 87.5 cm³/mol. The first-order valence-electron chi connectivity index (χ1n) is 7.05. The SMILES string of the molecule is Cl.Cl.O=[N+]([O-])c1cc([C@@H](C2CC2)N2CCNCC2)ccc1F. The average Bonchev–Trinajstić information content (AvgIpc) is 3.26. The molecule has 1 saturated heterocycles. The van der Waals surface area contributed by atoms with E-state index in [0.717, 1.165) is 44.6 Å². The van der Waals surface area contributed by atoms with E-state index in [0.29, 0.717) is 5.92 Å². The number of benzene rings is 1. The molecule has 1 atom stereocenters. The number of piperazine rings is 1. The van der Waals surface area contributed by atoms with E-state index in [4.69, 9.17) is 0 Å². The minimum Gasteiger partial charge on any atom is -0.314 e. The lowest BCUT2D eigenvalue weighted by molar-refractivity contribution is -0.387. The van der Waals surface area contributed by atoms with Gasteiger partial charge >= 0.3 is 5.69 Å². The first-order valence-corrected chi connectivity index (χ1v) is 7.05. The second-order valence-electron chi connectivity index (χ2n) is 5.54. The highest BCUT2D eigenvalue weighted by Crippen LogP contribution is 2.45. The molecule has 3 rings (SSSR count). The summed E-state index contributed by atoms with van der Waals surface area (Å²) < 4.78 is 13.5. The van der Waals surface area contributed by atoms with Crippen LogP contribution in [0.2, 0.25) is 0 Å². The van der Waals surface area contributed by atoms with E-state index >= 15 is 0 Å². The summed E-state index contributed by atoms with van der Waals surface area (Å²) in [5.74, 6) is -0.202. The Morgan fingerprint density at radius 1 is 1.27 bits per heavy atom. The lowest BCUT2D eigenvalue weighted by Crippen LogP contribution is -2.45. The Bertz CT molecular complexity index is 523. The van der Waals surface area contributed by atoms with Crippen molar-refractivity contribution < 1.29 is 9.31 Å². The molecule has 0 aromatic heterocycles. The van der Waals surface area contributed by atoms with Gasteiger partial charge in [-0.3, -0.25) is 15.0 Å². The van der Waals surface area contributed by atoms with E-state index in [1.54, 1.807) is 6.07 Å². The van der Waals surface area contributed by atoms with E-state index in [2.05, 4.69) is 10.2 Å². The Hall–Kier alpha value is -0.950. The van der Waals surface area contributed by atoms with E-state index in [1.807, 2.05) is 0 Å². The minimum absolute atomic E-state index is 0. The molecule has 1 heterocycles. The molecule has 22 heavy (non-hydrogen) atoms. The van der Waals surface area contributed by atoms with Crippen LogP contribution >= 0.6 is 24.8 Å². The van der Waals surface area contributed by atoms with Crippen molar-refractivity contribution in [2.45, 2.75) is 18.9 Å². The predicted octanol–water partition coefficient (Wildman–Crippen LogP) is 2.93. The van der Waals surface area contributed by atoms with Crippen LogP contribution in [0.5, 0.6) is 0 Å². The standard InChI is InChI=1S/C14H18FN3O2.2ClH/c15-12-4-3-11(9-13(12)18(19)20)14(10-1-2-10)17-7-5-16-6-8-17;;/h3-4,9-10,14,16H,1-2,5-8H2;2*1H/t14-;;/m1../s1. The van der Waals surface area contributed by atoms with Crippen molar-refractivity contribution in [3.63, 3.8) is 0 Å². The average molecular weight is 352 g/mol. The molecular formula is C14H20Cl2FN3O2. The number of hydrogen-bond donors (Lipinski definition) is 1. The molecule has 2 aliphatic rings. The second-order valence-corrected chi connectivity index (χ2v) is 5.54. The fourth-order valence-corrected chi connectivity index (χ4v) is 3.01. The van der Waals surface area contributed by atoms with Gasteiger partial charge in [-0.05, 0) is 30.4 Å². The van der Waals surface area contributed by atoms with Crippen LogP contribution in [-0.2, 0) is 0 Å². The number of halogens is 3. The van der Waals surface area contributed by atoms with Crippen molar-refractivity contribution in [1.82, 2.24) is 10.2 Å². The van der Waals surface area contributed by atoms with Crippen LogP contribution in [0.4, 0.5) is 10.1 Å². The Morgan fingerprint density at radius 2 is 1.91 bits per heavy atom. The maximum atomic E-state index is 13.5. The molecule has 8 heteroatoms. The topological polar surface area (TPSA) is 58.4 Å². The molecule has 5 nitrogen and oxygen atoms in total. The van der Waals surface area contributed by atoms with Gasteiger partial charge in [0.15, 0.2) is 0 Å². The Kier molecular flexibility index (Phi) is 6.99. The summed E-state index contributed by atoms with van der Waals surface area (Å²) in [6.07, 6.45) is 2.31. The molecule has 1 aliphatic heterocycles. The zero-order valence-electron chi connectivity index (χ0n) is 12.0. The number of rotatable bonds is 4.